The highest BCUT2D eigenvalue weighted by Crippen LogP contribution is 2.23. The molecule has 0 radical (unpaired) electrons. The number of nitrogens with one attached hydrogen (secondary N) is 1. The van der Waals surface area contributed by atoms with E-state index in [0.29, 0.717) is 18.2 Å². The topological polar surface area (TPSA) is 47.0 Å². The molecule has 0 saturated carbocycles. The zero-order chi connectivity index (χ0) is 14.4. The van der Waals surface area contributed by atoms with Crippen LogP contribution in [0.15, 0.2) is 30.5 Å². The number of aryl methyl sites for hydroxylation is 1. The summed E-state index contributed by atoms with van der Waals surface area (Å²) in [4.78, 5) is 7.83. The maximum absolute atomic E-state index is 13.6. The molecule has 0 bridgehead atoms. The molecule has 2 rings (SSSR count). The molecule has 5 heteroatoms. The molecule has 0 aliphatic rings. The lowest BCUT2D eigenvalue weighted by atomic mass is 10.1. The van der Waals surface area contributed by atoms with Gasteiger partial charge in [0, 0.05) is 6.54 Å². The van der Waals surface area contributed by atoms with Gasteiger partial charge in [-0.15, -0.1) is 0 Å². The summed E-state index contributed by atoms with van der Waals surface area (Å²) in [7, 11) is 0. The molecule has 106 valence electrons. The van der Waals surface area contributed by atoms with E-state index in [0.717, 1.165) is 19.0 Å². The van der Waals surface area contributed by atoms with Crippen molar-refractivity contribution in [3.8, 4) is 11.6 Å². The van der Waals surface area contributed by atoms with Crippen LogP contribution in [0.3, 0.4) is 0 Å². The van der Waals surface area contributed by atoms with E-state index in [1.807, 2.05) is 31.2 Å². The summed E-state index contributed by atoms with van der Waals surface area (Å²) in [5, 5.41) is 2.92. The normalized spacial score (nSPS) is 10.3. The molecule has 0 fully saturated rings. The first-order valence-electron chi connectivity index (χ1n) is 6.76. The summed E-state index contributed by atoms with van der Waals surface area (Å²) in [6.45, 7) is 4.71. The van der Waals surface area contributed by atoms with Gasteiger partial charge in [0.15, 0.2) is 0 Å². The van der Waals surface area contributed by atoms with Crippen molar-refractivity contribution in [2.24, 2.45) is 0 Å². The molecular weight excluding hydrogens is 257 g/mol. The molecule has 0 unspecified atom stereocenters. The largest absolute Gasteiger partial charge is 0.436 e. The van der Waals surface area contributed by atoms with Gasteiger partial charge in [-0.1, -0.05) is 25.5 Å². The Hall–Kier alpha value is -2.17. The molecule has 4 nitrogen and oxygen atoms in total. The fourth-order valence-electron chi connectivity index (χ4n) is 1.79. The first-order chi connectivity index (χ1) is 9.72. The van der Waals surface area contributed by atoms with Gasteiger partial charge < -0.3 is 10.1 Å². The van der Waals surface area contributed by atoms with E-state index in [4.69, 9.17) is 4.74 Å². The standard InChI is InChI=1S/C15H18FN3O/c1-3-5-11-6-8-12(9-7-11)20-14-13(16)10-18-15(19-14)17-4-2/h6-10H,3-5H2,1-2H3,(H,17,18,19). The van der Waals surface area contributed by atoms with Gasteiger partial charge in [-0.2, -0.15) is 9.37 Å². The summed E-state index contributed by atoms with van der Waals surface area (Å²) in [5.41, 5.74) is 1.23. The Morgan fingerprint density at radius 2 is 1.95 bits per heavy atom. The highest BCUT2D eigenvalue weighted by molar-refractivity contribution is 5.33. The van der Waals surface area contributed by atoms with Gasteiger partial charge in [0.05, 0.1) is 6.20 Å². The Kier molecular flexibility index (Phi) is 4.87. The zero-order valence-corrected chi connectivity index (χ0v) is 11.7. The summed E-state index contributed by atoms with van der Waals surface area (Å²) >= 11 is 0. The number of ether oxygens (including phenoxy) is 1. The fraction of sp³-hybridized carbons (Fsp3) is 0.333. The molecule has 2 aromatic rings. The third-order valence-corrected chi connectivity index (χ3v) is 2.72. The average Bonchev–Trinajstić information content (AvgIpc) is 2.45. The first-order valence-corrected chi connectivity index (χ1v) is 6.76. The van der Waals surface area contributed by atoms with Crippen molar-refractivity contribution < 1.29 is 9.13 Å². The maximum Gasteiger partial charge on any atom is 0.260 e. The second-order valence-electron chi connectivity index (χ2n) is 4.37. The number of hydrogen-bond acceptors (Lipinski definition) is 4. The number of rotatable bonds is 6. The quantitative estimate of drug-likeness (QED) is 0.871. The second kappa shape index (κ2) is 6.84. The maximum atomic E-state index is 13.6. The van der Waals surface area contributed by atoms with Gasteiger partial charge in [0.2, 0.25) is 11.8 Å². The van der Waals surface area contributed by atoms with Crippen LogP contribution in [-0.2, 0) is 6.42 Å². The summed E-state index contributed by atoms with van der Waals surface area (Å²) in [6, 6.07) is 7.59. The van der Waals surface area contributed by atoms with E-state index in [9.17, 15) is 4.39 Å². The van der Waals surface area contributed by atoms with Crippen LogP contribution in [0.5, 0.6) is 11.6 Å². The smallest absolute Gasteiger partial charge is 0.260 e. The lowest BCUT2D eigenvalue weighted by Gasteiger charge is -2.08. The van der Waals surface area contributed by atoms with E-state index in [1.165, 1.54) is 5.56 Å². The minimum absolute atomic E-state index is 0.0702. The van der Waals surface area contributed by atoms with Crippen LogP contribution in [0.4, 0.5) is 10.3 Å². The van der Waals surface area contributed by atoms with Crippen molar-refractivity contribution in [3.05, 3.63) is 41.8 Å². The van der Waals surface area contributed by atoms with Crippen LogP contribution in [0, 0.1) is 5.82 Å². The number of aromatic nitrogens is 2. The van der Waals surface area contributed by atoms with Crippen LogP contribution >= 0.6 is 0 Å². The van der Waals surface area contributed by atoms with E-state index in [-0.39, 0.29) is 5.88 Å². The molecule has 1 N–H and O–H groups in total. The molecule has 1 aromatic heterocycles. The van der Waals surface area contributed by atoms with Gasteiger partial charge in [-0.05, 0) is 31.0 Å². The third kappa shape index (κ3) is 3.66. The first kappa shape index (κ1) is 14.2. The minimum Gasteiger partial charge on any atom is -0.436 e. The minimum atomic E-state index is -0.579. The Morgan fingerprint density at radius 3 is 2.60 bits per heavy atom. The number of halogens is 1. The van der Waals surface area contributed by atoms with Crippen LogP contribution in [0.1, 0.15) is 25.8 Å². The van der Waals surface area contributed by atoms with Gasteiger partial charge in [0.1, 0.15) is 5.75 Å². The molecule has 0 saturated heterocycles. The van der Waals surface area contributed by atoms with Crippen molar-refractivity contribution in [1.29, 1.82) is 0 Å². The van der Waals surface area contributed by atoms with Gasteiger partial charge >= 0.3 is 0 Å². The second-order valence-corrected chi connectivity index (χ2v) is 4.37. The highest BCUT2D eigenvalue weighted by atomic mass is 19.1. The van der Waals surface area contributed by atoms with Gasteiger partial charge in [-0.25, -0.2) is 4.98 Å². The van der Waals surface area contributed by atoms with Crippen molar-refractivity contribution in [2.45, 2.75) is 26.7 Å². The SMILES string of the molecule is CCCc1ccc(Oc2nc(NCC)ncc2F)cc1. The summed E-state index contributed by atoms with van der Waals surface area (Å²) < 4.78 is 19.1. The molecule has 0 aliphatic heterocycles. The highest BCUT2D eigenvalue weighted by Gasteiger charge is 2.09. The fourth-order valence-corrected chi connectivity index (χ4v) is 1.79. The third-order valence-electron chi connectivity index (χ3n) is 2.72. The Labute approximate surface area is 118 Å². The van der Waals surface area contributed by atoms with Crippen LogP contribution in [-0.4, -0.2) is 16.5 Å². The molecule has 0 amide bonds. The molecule has 1 heterocycles. The van der Waals surface area contributed by atoms with Crippen molar-refractivity contribution in [1.82, 2.24) is 9.97 Å². The van der Waals surface area contributed by atoms with Gasteiger partial charge in [-0.3, -0.25) is 0 Å². The predicted molar refractivity (Wildman–Crippen MR) is 76.7 cm³/mol. The molecular formula is C15H18FN3O. The number of benzene rings is 1. The van der Waals surface area contributed by atoms with E-state index in [1.54, 1.807) is 0 Å². The van der Waals surface area contributed by atoms with Crippen LogP contribution in [0.2, 0.25) is 0 Å². The van der Waals surface area contributed by atoms with E-state index in [2.05, 4.69) is 22.2 Å². The van der Waals surface area contributed by atoms with E-state index < -0.39 is 5.82 Å². The van der Waals surface area contributed by atoms with Crippen molar-refractivity contribution in [3.63, 3.8) is 0 Å². The predicted octanol–water partition coefficient (Wildman–Crippen LogP) is 3.79. The summed E-state index contributed by atoms with van der Waals surface area (Å²) in [6.07, 6.45) is 3.21. The van der Waals surface area contributed by atoms with E-state index >= 15 is 0 Å². The molecule has 0 atom stereocenters. The lowest BCUT2D eigenvalue weighted by Crippen LogP contribution is -2.04. The van der Waals surface area contributed by atoms with Crippen molar-refractivity contribution in [2.75, 3.05) is 11.9 Å². The molecule has 20 heavy (non-hydrogen) atoms. The number of anilines is 1. The molecule has 0 spiro atoms. The molecule has 0 aliphatic carbocycles. The Morgan fingerprint density at radius 1 is 1.20 bits per heavy atom. The molecule has 1 aromatic carbocycles. The Balaban J connectivity index is 2.14. The number of nitrogens with zero attached hydrogens (tertiary/aromatic N) is 2. The Bertz CT molecular complexity index is 558. The van der Waals surface area contributed by atoms with Crippen molar-refractivity contribution >= 4 is 5.95 Å². The van der Waals surface area contributed by atoms with Crippen LogP contribution in [0.25, 0.3) is 0 Å². The van der Waals surface area contributed by atoms with Gasteiger partial charge in [0.25, 0.3) is 5.88 Å². The van der Waals surface area contributed by atoms with Crippen LogP contribution < -0.4 is 10.1 Å². The lowest BCUT2D eigenvalue weighted by molar-refractivity contribution is 0.420. The average molecular weight is 275 g/mol. The summed E-state index contributed by atoms with van der Waals surface area (Å²) in [5.74, 6) is 0.264. The number of hydrogen-bond donors (Lipinski definition) is 1. The monoisotopic (exact) mass is 275 g/mol. The zero-order valence-electron chi connectivity index (χ0n) is 11.7.